The summed E-state index contributed by atoms with van der Waals surface area (Å²) in [5.74, 6) is 1.22. The Labute approximate surface area is 170 Å². The Balaban J connectivity index is 1.89. The number of ether oxygens (including phenoxy) is 2. The van der Waals surface area contributed by atoms with Crippen LogP contribution in [0.15, 0.2) is 47.5 Å². The molecule has 0 aromatic heterocycles. The third-order valence-corrected chi connectivity index (χ3v) is 4.02. The van der Waals surface area contributed by atoms with E-state index in [1.165, 1.54) is 12.1 Å². The molecule has 0 atom stereocenters. The normalized spacial score (nSPS) is 11.0. The third-order valence-electron chi connectivity index (χ3n) is 4.02. The number of likely N-dealkylation sites (N-methyl/N-ethyl adjacent to an activating group) is 1. The molecule has 0 unspecified atom stereocenters. The predicted octanol–water partition coefficient (Wildman–Crippen LogP) is 2.21. The highest BCUT2D eigenvalue weighted by Gasteiger charge is 2.09. The van der Waals surface area contributed by atoms with Gasteiger partial charge in [-0.05, 0) is 42.3 Å². The van der Waals surface area contributed by atoms with Gasteiger partial charge in [-0.1, -0.05) is 18.2 Å². The Kier molecular flexibility index (Phi) is 8.75. The minimum absolute atomic E-state index is 0.0677. The van der Waals surface area contributed by atoms with Crippen LogP contribution >= 0.6 is 0 Å². The number of halogens is 1. The van der Waals surface area contributed by atoms with Gasteiger partial charge in [-0.2, -0.15) is 0 Å². The van der Waals surface area contributed by atoms with Gasteiger partial charge in [0.15, 0.2) is 24.1 Å². The number of guanidine groups is 1. The van der Waals surface area contributed by atoms with Crippen LogP contribution in [0.1, 0.15) is 18.1 Å². The molecule has 7 nitrogen and oxygen atoms in total. The van der Waals surface area contributed by atoms with Crippen LogP contribution in [0.2, 0.25) is 0 Å². The van der Waals surface area contributed by atoms with Crippen LogP contribution in [-0.4, -0.2) is 39.2 Å². The highest BCUT2D eigenvalue weighted by molar-refractivity contribution is 5.79. The van der Waals surface area contributed by atoms with Gasteiger partial charge in [0.1, 0.15) is 5.82 Å². The first-order valence-corrected chi connectivity index (χ1v) is 9.31. The molecule has 2 aromatic rings. The molecule has 8 heteroatoms. The molecule has 2 aromatic carbocycles. The van der Waals surface area contributed by atoms with Gasteiger partial charge in [0.25, 0.3) is 5.91 Å². The van der Waals surface area contributed by atoms with E-state index in [1.54, 1.807) is 32.4 Å². The molecule has 0 radical (unpaired) electrons. The Bertz CT molecular complexity index is 825. The number of carbonyl (C=O) groups excluding carboxylic acids is 1. The van der Waals surface area contributed by atoms with Gasteiger partial charge in [0.05, 0.1) is 7.11 Å². The Morgan fingerprint density at radius 1 is 1.00 bits per heavy atom. The van der Waals surface area contributed by atoms with Crippen molar-refractivity contribution in [2.75, 3.05) is 27.3 Å². The zero-order valence-electron chi connectivity index (χ0n) is 16.9. The van der Waals surface area contributed by atoms with Crippen molar-refractivity contribution in [3.63, 3.8) is 0 Å². The number of nitrogens with zero attached hydrogens (tertiary/aromatic N) is 1. The summed E-state index contributed by atoms with van der Waals surface area (Å²) in [6, 6.07) is 11.8. The van der Waals surface area contributed by atoms with Crippen LogP contribution < -0.4 is 25.4 Å². The molecule has 0 fully saturated rings. The molecule has 0 heterocycles. The molecule has 0 saturated carbocycles. The summed E-state index contributed by atoms with van der Waals surface area (Å²) < 4.78 is 23.9. The van der Waals surface area contributed by atoms with Crippen molar-refractivity contribution >= 4 is 11.9 Å². The van der Waals surface area contributed by atoms with Crippen molar-refractivity contribution in [1.82, 2.24) is 16.0 Å². The minimum Gasteiger partial charge on any atom is -0.493 e. The highest BCUT2D eigenvalue weighted by Crippen LogP contribution is 2.28. The fraction of sp³-hybridized carbons (Fsp3) is 0.333. The van der Waals surface area contributed by atoms with E-state index in [9.17, 15) is 9.18 Å². The molecule has 0 spiro atoms. The molecule has 0 saturated heterocycles. The van der Waals surface area contributed by atoms with Crippen molar-refractivity contribution in [2.45, 2.75) is 20.0 Å². The third kappa shape index (κ3) is 7.33. The Hall–Kier alpha value is -3.29. The zero-order valence-corrected chi connectivity index (χ0v) is 16.9. The fourth-order valence-electron chi connectivity index (χ4n) is 2.53. The summed E-state index contributed by atoms with van der Waals surface area (Å²) in [5.41, 5.74) is 1.90. The van der Waals surface area contributed by atoms with Crippen LogP contribution in [0.5, 0.6) is 11.5 Å². The lowest BCUT2D eigenvalue weighted by molar-refractivity contribution is -0.123. The number of hydrogen-bond acceptors (Lipinski definition) is 4. The maximum atomic E-state index is 13.0. The van der Waals surface area contributed by atoms with Crippen molar-refractivity contribution in [2.24, 2.45) is 4.99 Å². The van der Waals surface area contributed by atoms with Gasteiger partial charge < -0.3 is 25.4 Å². The van der Waals surface area contributed by atoms with E-state index in [4.69, 9.17) is 9.47 Å². The van der Waals surface area contributed by atoms with Crippen molar-refractivity contribution < 1.29 is 18.7 Å². The smallest absolute Gasteiger partial charge is 0.257 e. The average molecular weight is 402 g/mol. The molecule has 156 valence electrons. The second-order valence-electron chi connectivity index (χ2n) is 6.13. The second kappa shape index (κ2) is 11.5. The SMILES string of the molecule is CCNC(=O)COc1ccc(CNC(=NC)NCc2ccc(F)cc2)cc1OC. The van der Waals surface area contributed by atoms with E-state index in [0.29, 0.717) is 37.1 Å². The number of benzene rings is 2. The molecule has 2 rings (SSSR count). The van der Waals surface area contributed by atoms with Gasteiger partial charge in [-0.3, -0.25) is 9.79 Å². The van der Waals surface area contributed by atoms with Gasteiger partial charge in [-0.25, -0.2) is 4.39 Å². The second-order valence-corrected chi connectivity index (χ2v) is 6.13. The summed E-state index contributed by atoms with van der Waals surface area (Å²) in [4.78, 5) is 15.7. The number of carbonyl (C=O) groups is 1. The summed E-state index contributed by atoms with van der Waals surface area (Å²) in [7, 11) is 3.23. The summed E-state index contributed by atoms with van der Waals surface area (Å²) in [5, 5.41) is 9.06. The first-order valence-electron chi connectivity index (χ1n) is 9.31. The van der Waals surface area contributed by atoms with Crippen LogP contribution in [0.3, 0.4) is 0 Å². The minimum atomic E-state index is -0.261. The van der Waals surface area contributed by atoms with E-state index < -0.39 is 0 Å². The maximum absolute atomic E-state index is 13.0. The Morgan fingerprint density at radius 3 is 2.28 bits per heavy atom. The zero-order chi connectivity index (χ0) is 21.1. The van der Waals surface area contributed by atoms with E-state index in [-0.39, 0.29) is 18.3 Å². The predicted molar refractivity (Wildman–Crippen MR) is 111 cm³/mol. The van der Waals surface area contributed by atoms with Gasteiger partial charge >= 0.3 is 0 Å². The maximum Gasteiger partial charge on any atom is 0.257 e. The molecular formula is C21H27FN4O3. The van der Waals surface area contributed by atoms with E-state index in [2.05, 4.69) is 20.9 Å². The molecule has 0 bridgehead atoms. The summed E-state index contributed by atoms with van der Waals surface area (Å²) in [6.07, 6.45) is 0. The fourth-order valence-corrected chi connectivity index (χ4v) is 2.53. The summed E-state index contributed by atoms with van der Waals surface area (Å²) >= 11 is 0. The molecule has 29 heavy (non-hydrogen) atoms. The average Bonchev–Trinajstić information content (AvgIpc) is 2.74. The molecule has 3 N–H and O–H groups in total. The largest absolute Gasteiger partial charge is 0.493 e. The highest BCUT2D eigenvalue weighted by atomic mass is 19.1. The van der Waals surface area contributed by atoms with Crippen LogP contribution in [0.4, 0.5) is 4.39 Å². The van der Waals surface area contributed by atoms with Crippen LogP contribution in [0, 0.1) is 5.82 Å². The number of nitrogens with one attached hydrogen (secondary N) is 3. The lowest BCUT2D eigenvalue weighted by atomic mass is 10.2. The van der Waals surface area contributed by atoms with Crippen molar-refractivity contribution in [3.05, 3.63) is 59.4 Å². The first-order chi connectivity index (χ1) is 14.0. The number of aliphatic imine (C=N–C) groups is 1. The lowest BCUT2D eigenvalue weighted by Crippen LogP contribution is -2.36. The molecular weight excluding hydrogens is 375 g/mol. The lowest BCUT2D eigenvalue weighted by Gasteiger charge is -2.14. The molecule has 0 aliphatic carbocycles. The molecule has 1 amide bonds. The quantitative estimate of drug-likeness (QED) is 0.443. The first kappa shape index (κ1) is 22.0. The van der Waals surface area contributed by atoms with Crippen LogP contribution in [0.25, 0.3) is 0 Å². The monoisotopic (exact) mass is 402 g/mol. The number of amides is 1. The number of hydrogen-bond donors (Lipinski definition) is 3. The molecule has 0 aliphatic rings. The molecule has 0 aliphatic heterocycles. The van der Waals surface area contributed by atoms with Crippen molar-refractivity contribution in [1.29, 1.82) is 0 Å². The van der Waals surface area contributed by atoms with E-state index in [0.717, 1.165) is 11.1 Å². The van der Waals surface area contributed by atoms with E-state index in [1.807, 2.05) is 19.1 Å². The Morgan fingerprint density at radius 2 is 1.66 bits per heavy atom. The standard InChI is InChI=1S/C21H27FN4O3/c1-4-24-20(27)14-29-18-10-7-16(11-19(18)28-3)13-26-21(23-2)25-12-15-5-8-17(22)9-6-15/h5-11H,4,12-14H2,1-3H3,(H,24,27)(H2,23,25,26). The van der Waals surface area contributed by atoms with E-state index >= 15 is 0 Å². The number of methoxy groups -OCH3 is 1. The topological polar surface area (TPSA) is 84.0 Å². The van der Waals surface area contributed by atoms with Crippen molar-refractivity contribution in [3.8, 4) is 11.5 Å². The van der Waals surface area contributed by atoms with Gasteiger partial charge in [0.2, 0.25) is 0 Å². The van der Waals surface area contributed by atoms with Crippen LogP contribution in [-0.2, 0) is 17.9 Å². The summed E-state index contributed by atoms with van der Waals surface area (Å²) in [6.45, 7) is 3.37. The van der Waals surface area contributed by atoms with Gasteiger partial charge in [0, 0.05) is 26.7 Å². The van der Waals surface area contributed by atoms with Gasteiger partial charge in [-0.15, -0.1) is 0 Å². The number of rotatable bonds is 9.